The Morgan fingerprint density at radius 3 is 2.44 bits per heavy atom. The van der Waals surface area contributed by atoms with Crippen LogP contribution in [0.5, 0.6) is 5.75 Å². The van der Waals surface area contributed by atoms with Gasteiger partial charge in [-0.1, -0.05) is 40.5 Å². The molecule has 10 heteroatoms. The number of aryl methyl sites for hydroxylation is 2. The minimum atomic E-state index is -0.273. The van der Waals surface area contributed by atoms with E-state index < -0.39 is 0 Å². The van der Waals surface area contributed by atoms with Gasteiger partial charge in [0.2, 0.25) is 0 Å². The molecule has 184 valence electrons. The van der Waals surface area contributed by atoms with Crippen molar-refractivity contribution in [2.24, 2.45) is 5.10 Å². The Hall–Kier alpha value is -2.82. The van der Waals surface area contributed by atoms with Crippen molar-refractivity contribution < 1.29 is 9.53 Å². The van der Waals surface area contributed by atoms with Gasteiger partial charge in [0.05, 0.1) is 26.1 Å². The minimum Gasteiger partial charge on any atom is -0.481 e. The molecule has 0 radical (unpaired) electrons. The topological polar surface area (TPSA) is 85.6 Å². The van der Waals surface area contributed by atoms with Gasteiger partial charge >= 0.3 is 0 Å². The van der Waals surface area contributed by atoms with Gasteiger partial charge in [-0.05, 0) is 86.8 Å². The molecular formula is C26H21Br3N4O3. The second-order valence-corrected chi connectivity index (χ2v) is 10.5. The maximum absolute atomic E-state index is 13.1. The van der Waals surface area contributed by atoms with E-state index in [2.05, 4.69) is 63.2 Å². The van der Waals surface area contributed by atoms with Gasteiger partial charge in [-0.15, -0.1) is 0 Å². The zero-order valence-corrected chi connectivity index (χ0v) is 24.1. The van der Waals surface area contributed by atoms with Gasteiger partial charge in [-0.2, -0.15) is 9.78 Å². The van der Waals surface area contributed by atoms with Crippen LogP contribution in [0, 0.1) is 6.92 Å². The summed E-state index contributed by atoms with van der Waals surface area (Å²) in [7, 11) is 0. The lowest BCUT2D eigenvalue weighted by Gasteiger charge is -2.12. The first-order valence-corrected chi connectivity index (χ1v) is 13.4. The Balaban J connectivity index is 1.52. The molecule has 4 rings (SSSR count). The molecule has 4 aromatic rings. The van der Waals surface area contributed by atoms with E-state index in [4.69, 9.17) is 4.74 Å². The summed E-state index contributed by atoms with van der Waals surface area (Å²) in [4.78, 5) is 30.0. The van der Waals surface area contributed by atoms with Gasteiger partial charge in [-0.25, -0.2) is 4.98 Å². The van der Waals surface area contributed by atoms with Gasteiger partial charge in [-0.3, -0.25) is 9.59 Å². The smallest absolute Gasteiger partial charge is 0.282 e. The summed E-state index contributed by atoms with van der Waals surface area (Å²) in [6.45, 7) is 3.75. The third-order valence-corrected chi connectivity index (χ3v) is 6.89. The molecule has 0 fully saturated rings. The molecular weight excluding hydrogens is 656 g/mol. The summed E-state index contributed by atoms with van der Waals surface area (Å²) in [5, 5.41) is 7.70. The van der Waals surface area contributed by atoms with Crippen LogP contribution in [0.25, 0.3) is 10.9 Å². The molecule has 0 unspecified atom stereocenters. The number of carbonyl (C=O) groups is 1. The number of aromatic nitrogens is 2. The summed E-state index contributed by atoms with van der Waals surface area (Å²) in [6, 6.07) is 16.5. The number of benzene rings is 3. The number of carbonyl (C=O) groups excluding carboxylic acids is 1. The molecule has 0 saturated carbocycles. The van der Waals surface area contributed by atoms with Crippen molar-refractivity contribution in [3.8, 4) is 5.75 Å². The number of anilines is 1. The number of rotatable bonds is 7. The highest BCUT2D eigenvalue weighted by molar-refractivity contribution is 9.11. The van der Waals surface area contributed by atoms with Gasteiger partial charge in [0.1, 0.15) is 11.6 Å². The lowest BCUT2D eigenvalue weighted by Crippen LogP contribution is -2.22. The molecule has 3 aromatic carbocycles. The first-order valence-electron chi connectivity index (χ1n) is 11.0. The number of nitrogens with zero attached hydrogens (tertiary/aromatic N) is 3. The predicted octanol–water partition coefficient (Wildman–Crippen LogP) is 6.45. The van der Waals surface area contributed by atoms with E-state index in [1.807, 2.05) is 50.2 Å². The van der Waals surface area contributed by atoms with E-state index in [1.54, 1.807) is 24.4 Å². The summed E-state index contributed by atoms with van der Waals surface area (Å²) in [5.74, 6) is 0.767. The summed E-state index contributed by atoms with van der Waals surface area (Å²) in [6.07, 6.45) is 2.12. The van der Waals surface area contributed by atoms with Crippen molar-refractivity contribution in [2.75, 3.05) is 11.9 Å². The van der Waals surface area contributed by atoms with Crippen LogP contribution in [0.1, 0.15) is 23.9 Å². The van der Waals surface area contributed by atoms with Gasteiger partial charge in [0, 0.05) is 16.6 Å². The van der Waals surface area contributed by atoms with E-state index >= 15 is 0 Å². The number of hydrogen-bond donors (Lipinski definition) is 1. The van der Waals surface area contributed by atoms with Crippen LogP contribution in [0.4, 0.5) is 5.69 Å². The fraction of sp³-hybridized carbons (Fsp3) is 0.154. The molecule has 7 nitrogen and oxygen atoms in total. The Morgan fingerprint density at radius 1 is 1.08 bits per heavy atom. The third kappa shape index (κ3) is 6.11. The lowest BCUT2D eigenvalue weighted by molar-refractivity contribution is -0.118. The van der Waals surface area contributed by atoms with Crippen molar-refractivity contribution >= 4 is 76.5 Å². The number of nitrogens with one attached hydrogen (secondary N) is 1. The Labute approximate surface area is 233 Å². The molecule has 0 aliphatic rings. The number of ether oxygens (including phenoxy) is 1. The number of hydrogen-bond acceptors (Lipinski definition) is 5. The van der Waals surface area contributed by atoms with E-state index in [0.29, 0.717) is 49.1 Å². The molecule has 0 saturated heterocycles. The van der Waals surface area contributed by atoms with Crippen molar-refractivity contribution in [1.82, 2.24) is 9.66 Å². The van der Waals surface area contributed by atoms with Crippen LogP contribution in [0.2, 0.25) is 0 Å². The molecule has 36 heavy (non-hydrogen) atoms. The maximum atomic E-state index is 13.1. The van der Waals surface area contributed by atoms with Crippen LogP contribution in [0.3, 0.4) is 0 Å². The van der Waals surface area contributed by atoms with Crippen LogP contribution >= 0.6 is 47.8 Å². The quantitative estimate of drug-likeness (QED) is 0.228. The van der Waals surface area contributed by atoms with Crippen molar-refractivity contribution in [2.45, 2.75) is 20.3 Å². The monoisotopic (exact) mass is 674 g/mol. The molecule has 1 N–H and O–H groups in total. The van der Waals surface area contributed by atoms with Gasteiger partial charge < -0.3 is 10.1 Å². The first-order chi connectivity index (χ1) is 17.2. The average molecular weight is 677 g/mol. The summed E-state index contributed by atoms with van der Waals surface area (Å²) in [5.41, 5.74) is 2.92. The number of amides is 1. The standard InChI is InChI=1S/C26H21Br3N4O3/c1-3-23-32-22-9-6-17(27)12-19(22)26(35)33(23)30-13-16-10-20(28)25(21(29)11-16)36-14-24(34)31-18-7-4-15(2)5-8-18/h4-13H,3,14H2,1-2H3,(H,31,34). The van der Waals surface area contributed by atoms with E-state index in [-0.39, 0.29) is 18.1 Å². The van der Waals surface area contributed by atoms with Gasteiger partial charge in [0.15, 0.2) is 6.61 Å². The lowest BCUT2D eigenvalue weighted by atomic mass is 10.2. The largest absolute Gasteiger partial charge is 0.481 e. The second kappa shape index (κ2) is 11.5. The Bertz CT molecular complexity index is 1510. The van der Waals surface area contributed by atoms with E-state index in [9.17, 15) is 9.59 Å². The zero-order valence-electron chi connectivity index (χ0n) is 19.4. The molecule has 0 spiro atoms. The molecule has 0 atom stereocenters. The highest BCUT2D eigenvalue weighted by Gasteiger charge is 2.13. The van der Waals surface area contributed by atoms with Crippen LogP contribution in [-0.4, -0.2) is 28.4 Å². The first kappa shape index (κ1) is 26.2. The molecule has 1 heterocycles. The van der Waals surface area contributed by atoms with E-state index in [0.717, 1.165) is 10.0 Å². The normalized spacial score (nSPS) is 11.2. The van der Waals surface area contributed by atoms with Crippen molar-refractivity contribution in [3.63, 3.8) is 0 Å². The molecule has 0 bridgehead atoms. The molecule has 0 aliphatic heterocycles. The molecule has 1 amide bonds. The fourth-order valence-electron chi connectivity index (χ4n) is 3.43. The van der Waals surface area contributed by atoms with Crippen molar-refractivity contribution in [1.29, 1.82) is 0 Å². The van der Waals surface area contributed by atoms with Crippen LogP contribution in [0.15, 0.2) is 77.9 Å². The Kier molecular flexibility index (Phi) is 8.38. The van der Waals surface area contributed by atoms with Crippen LogP contribution in [-0.2, 0) is 11.2 Å². The maximum Gasteiger partial charge on any atom is 0.282 e. The highest BCUT2D eigenvalue weighted by atomic mass is 79.9. The highest BCUT2D eigenvalue weighted by Crippen LogP contribution is 2.34. The second-order valence-electron chi connectivity index (χ2n) is 7.92. The van der Waals surface area contributed by atoms with Crippen LogP contribution < -0.4 is 15.6 Å². The van der Waals surface area contributed by atoms with Crippen molar-refractivity contribution in [3.05, 3.63) is 95.3 Å². The average Bonchev–Trinajstić information content (AvgIpc) is 2.84. The molecule has 0 aliphatic carbocycles. The number of fused-ring (bicyclic) bond motifs is 1. The van der Waals surface area contributed by atoms with Gasteiger partial charge in [0.25, 0.3) is 11.5 Å². The van der Waals surface area contributed by atoms with E-state index in [1.165, 1.54) is 4.68 Å². The zero-order chi connectivity index (χ0) is 25.8. The molecule has 1 aromatic heterocycles. The fourth-order valence-corrected chi connectivity index (χ4v) is 5.24. The predicted molar refractivity (Wildman–Crippen MR) is 153 cm³/mol. The summed E-state index contributed by atoms with van der Waals surface area (Å²) >= 11 is 10.4. The number of halogens is 3. The third-order valence-electron chi connectivity index (χ3n) is 5.22. The Morgan fingerprint density at radius 2 is 1.78 bits per heavy atom. The SMILES string of the molecule is CCc1nc2ccc(Br)cc2c(=O)n1N=Cc1cc(Br)c(OCC(=O)Nc2ccc(C)cc2)c(Br)c1. The minimum absolute atomic E-state index is 0.161. The summed E-state index contributed by atoms with van der Waals surface area (Å²) < 4.78 is 9.11.